The van der Waals surface area contributed by atoms with Crippen molar-refractivity contribution in [3.63, 3.8) is 0 Å². The highest BCUT2D eigenvalue weighted by atomic mass is 32.1. The second-order valence-corrected chi connectivity index (χ2v) is 7.42. The maximum Gasteiger partial charge on any atom is 0.416 e. The van der Waals surface area contributed by atoms with E-state index < -0.39 is 23.6 Å². The van der Waals surface area contributed by atoms with E-state index in [-0.39, 0.29) is 16.1 Å². The Kier molecular flexibility index (Phi) is 5.07. The van der Waals surface area contributed by atoms with Crippen molar-refractivity contribution in [2.75, 3.05) is 5.32 Å². The van der Waals surface area contributed by atoms with Gasteiger partial charge in [0, 0.05) is 10.9 Å². The van der Waals surface area contributed by atoms with Crippen molar-refractivity contribution in [1.29, 1.82) is 0 Å². The van der Waals surface area contributed by atoms with Gasteiger partial charge in [-0.15, -0.1) is 22.7 Å². The summed E-state index contributed by atoms with van der Waals surface area (Å²) in [5, 5.41) is 15.5. The predicted molar refractivity (Wildman–Crippen MR) is 98.7 cm³/mol. The van der Waals surface area contributed by atoms with Gasteiger partial charge in [-0.3, -0.25) is 4.79 Å². The summed E-state index contributed by atoms with van der Waals surface area (Å²) in [6.07, 6.45) is -4.47. The van der Waals surface area contributed by atoms with Gasteiger partial charge in [0.25, 0.3) is 5.91 Å². The van der Waals surface area contributed by atoms with Crippen LogP contribution in [0.1, 0.15) is 31.2 Å². The standard InChI is InChI=1S/C18H12F3NO3S2/c1-9-6-7-26-14(9)15(23)22-16-13(17(24)25)12(8-27-16)10-2-4-11(5-3-10)18(19,20)21/h2-8H,1H3,(H,22,23)(H,24,25). The van der Waals surface area contributed by atoms with E-state index in [0.29, 0.717) is 10.4 Å². The zero-order chi connectivity index (χ0) is 19.8. The highest BCUT2D eigenvalue weighted by Gasteiger charge is 2.30. The summed E-state index contributed by atoms with van der Waals surface area (Å²) in [4.78, 5) is 24.5. The van der Waals surface area contributed by atoms with Crippen molar-refractivity contribution in [1.82, 2.24) is 0 Å². The maximum atomic E-state index is 12.7. The molecule has 0 fully saturated rings. The number of thiophene rings is 2. The molecule has 3 aromatic rings. The molecular weight excluding hydrogens is 399 g/mol. The van der Waals surface area contributed by atoms with Gasteiger partial charge in [0.2, 0.25) is 0 Å². The van der Waals surface area contributed by atoms with Gasteiger partial charge in [-0.25, -0.2) is 4.79 Å². The summed E-state index contributed by atoms with van der Waals surface area (Å²) in [7, 11) is 0. The SMILES string of the molecule is Cc1ccsc1C(=O)Nc1scc(-c2ccc(C(F)(F)F)cc2)c1C(=O)O. The van der Waals surface area contributed by atoms with Crippen LogP contribution in [0.5, 0.6) is 0 Å². The number of carbonyl (C=O) groups excluding carboxylic acids is 1. The number of aromatic carboxylic acids is 1. The van der Waals surface area contributed by atoms with Crippen molar-refractivity contribution in [3.05, 3.63) is 62.7 Å². The van der Waals surface area contributed by atoms with Gasteiger partial charge in [0.05, 0.1) is 10.4 Å². The molecule has 4 nitrogen and oxygen atoms in total. The molecule has 0 saturated carbocycles. The Hall–Kier alpha value is -2.65. The number of benzene rings is 1. The Labute approximate surface area is 159 Å². The van der Waals surface area contributed by atoms with Crippen LogP contribution in [0, 0.1) is 6.92 Å². The highest BCUT2D eigenvalue weighted by Crippen LogP contribution is 2.37. The number of nitrogens with one attached hydrogen (secondary N) is 1. The Morgan fingerprint density at radius 1 is 1.07 bits per heavy atom. The Morgan fingerprint density at radius 2 is 1.74 bits per heavy atom. The van der Waals surface area contributed by atoms with Gasteiger partial charge in [-0.1, -0.05) is 12.1 Å². The largest absolute Gasteiger partial charge is 0.478 e. The van der Waals surface area contributed by atoms with Crippen LogP contribution < -0.4 is 5.32 Å². The first-order chi connectivity index (χ1) is 12.7. The van der Waals surface area contributed by atoms with Crippen LogP contribution in [0.25, 0.3) is 11.1 Å². The molecule has 0 aliphatic rings. The Balaban J connectivity index is 1.95. The minimum Gasteiger partial charge on any atom is -0.478 e. The molecule has 2 N–H and O–H groups in total. The molecule has 3 rings (SSSR count). The molecule has 1 aromatic carbocycles. The first kappa shape index (κ1) is 19.1. The van der Waals surface area contributed by atoms with Crippen LogP contribution in [-0.4, -0.2) is 17.0 Å². The lowest BCUT2D eigenvalue weighted by Crippen LogP contribution is -2.13. The minimum atomic E-state index is -4.47. The number of alkyl halides is 3. The van der Waals surface area contributed by atoms with Gasteiger partial charge in [0.1, 0.15) is 10.6 Å². The monoisotopic (exact) mass is 411 g/mol. The van der Waals surface area contributed by atoms with Crippen molar-refractivity contribution < 1.29 is 27.9 Å². The zero-order valence-corrected chi connectivity index (χ0v) is 15.4. The summed E-state index contributed by atoms with van der Waals surface area (Å²) >= 11 is 2.25. The molecule has 0 spiro atoms. The molecule has 0 aliphatic heterocycles. The van der Waals surface area contributed by atoms with Crippen LogP contribution in [-0.2, 0) is 6.18 Å². The zero-order valence-electron chi connectivity index (χ0n) is 13.8. The smallest absolute Gasteiger partial charge is 0.416 e. The third-order valence-electron chi connectivity index (χ3n) is 3.82. The summed E-state index contributed by atoms with van der Waals surface area (Å²) in [5.41, 5.74) is 0.375. The molecule has 27 heavy (non-hydrogen) atoms. The van der Waals surface area contributed by atoms with Crippen LogP contribution in [0.2, 0.25) is 0 Å². The number of carboxylic acid groups (broad SMARTS) is 1. The van der Waals surface area contributed by atoms with Crippen LogP contribution in [0.4, 0.5) is 18.2 Å². The lowest BCUT2D eigenvalue weighted by molar-refractivity contribution is -0.137. The number of amides is 1. The van der Waals surface area contributed by atoms with E-state index in [1.165, 1.54) is 28.8 Å². The number of hydrogen-bond acceptors (Lipinski definition) is 4. The van der Waals surface area contributed by atoms with E-state index in [1.807, 2.05) is 0 Å². The fourth-order valence-corrected chi connectivity index (χ4v) is 4.26. The van der Waals surface area contributed by atoms with E-state index in [2.05, 4.69) is 5.32 Å². The van der Waals surface area contributed by atoms with Gasteiger partial charge in [-0.05, 0) is 41.6 Å². The first-order valence-corrected chi connectivity index (χ1v) is 9.32. The summed E-state index contributed by atoms with van der Waals surface area (Å²) in [6, 6.07) is 6.00. The molecular formula is C18H12F3NO3S2. The third-order valence-corrected chi connectivity index (χ3v) is 5.73. The number of rotatable bonds is 4. The average Bonchev–Trinajstić information content (AvgIpc) is 3.20. The summed E-state index contributed by atoms with van der Waals surface area (Å²) < 4.78 is 38.1. The molecule has 140 valence electrons. The quantitative estimate of drug-likeness (QED) is 0.574. The van der Waals surface area contributed by atoms with Crippen LogP contribution >= 0.6 is 22.7 Å². The van der Waals surface area contributed by atoms with Crippen LogP contribution in [0.15, 0.2) is 41.1 Å². The van der Waals surface area contributed by atoms with Crippen molar-refractivity contribution in [3.8, 4) is 11.1 Å². The molecule has 0 bridgehead atoms. The van der Waals surface area contributed by atoms with E-state index >= 15 is 0 Å². The third kappa shape index (κ3) is 3.88. The maximum absolute atomic E-state index is 12.7. The normalized spacial score (nSPS) is 11.4. The van der Waals surface area contributed by atoms with Crippen molar-refractivity contribution in [2.24, 2.45) is 0 Å². The minimum absolute atomic E-state index is 0.134. The lowest BCUT2D eigenvalue weighted by atomic mass is 10.0. The number of anilines is 1. The molecule has 0 radical (unpaired) electrons. The number of carboxylic acids is 1. The molecule has 0 saturated heterocycles. The summed E-state index contributed by atoms with van der Waals surface area (Å²) in [5.74, 6) is -1.70. The molecule has 9 heteroatoms. The second-order valence-electron chi connectivity index (χ2n) is 5.62. The Morgan fingerprint density at radius 3 is 2.26 bits per heavy atom. The van der Waals surface area contributed by atoms with Gasteiger partial charge in [-0.2, -0.15) is 13.2 Å². The van der Waals surface area contributed by atoms with Gasteiger partial charge in [0.15, 0.2) is 0 Å². The van der Waals surface area contributed by atoms with E-state index in [4.69, 9.17) is 0 Å². The molecule has 0 aliphatic carbocycles. The fourth-order valence-electron chi connectivity index (χ4n) is 2.48. The summed E-state index contributed by atoms with van der Waals surface area (Å²) in [6.45, 7) is 1.77. The fraction of sp³-hybridized carbons (Fsp3) is 0.111. The van der Waals surface area contributed by atoms with E-state index in [1.54, 1.807) is 18.4 Å². The number of hydrogen-bond donors (Lipinski definition) is 2. The van der Waals surface area contributed by atoms with Gasteiger partial charge < -0.3 is 10.4 Å². The van der Waals surface area contributed by atoms with Gasteiger partial charge >= 0.3 is 12.1 Å². The van der Waals surface area contributed by atoms with E-state index in [0.717, 1.165) is 29.0 Å². The number of aryl methyl sites for hydroxylation is 1. The Bertz CT molecular complexity index is 1000. The second kappa shape index (κ2) is 7.16. The van der Waals surface area contributed by atoms with E-state index in [9.17, 15) is 27.9 Å². The van der Waals surface area contributed by atoms with Crippen LogP contribution in [0.3, 0.4) is 0 Å². The molecule has 0 unspecified atom stereocenters. The highest BCUT2D eigenvalue weighted by molar-refractivity contribution is 7.15. The van der Waals surface area contributed by atoms with Crippen molar-refractivity contribution >= 4 is 39.6 Å². The molecule has 2 aromatic heterocycles. The topological polar surface area (TPSA) is 66.4 Å². The molecule has 2 heterocycles. The average molecular weight is 411 g/mol. The predicted octanol–water partition coefficient (Wildman–Crippen LogP) is 5.75. The first-order valence-electron chi connectivity index (χ1n) is 7.56. The van der Waals surface area contributed by atoms with Crippen molar-refractivity contribution in [2.45, 2.75) is 13.1 Å². The molecule has 1 amide bonds. The number of carbonyl (C=O) groups is 2. The lowest BCUT2D eigenvalue weighted by Gasteiger charge is -2.08. The molecule has 0 atom stereocenters. The number of halogens is 3.